The van der Waals surface area contributed by atoms with E-state index in [0.29, 0.717) is 22.4 Å². The summed E-state index contributed by atoms with van der Waals surface area (Å²) >= 11 is 0. The van der Waals surface area contributed by atoms with E-state index >= 15 is 0 Å². The number of alkyl halides is 5. The number of rotatable bonds is 6. The molecule has 4 rings (SSSR count). The summed E-state index contributed by atoms with van der Waals surface area (Å²) in [6.07, 6.45) is -5.16. The standard InChI is InChI=1S/C23H16F5N5O3/c24-18(25)20(30)36-19(29)12-5-6-13-10-33(21(34)16(13)7-12)17-4-2-1-3-15(17)14-8-31-22(32-9-14)35-11-23(26,27)28/h1-9,18,29-30H,10-11H2. The third-order valence-electron chi connectivity index (χ3n) is 5.09. The Kier molecular flexibility index (Phi) is 6.64. The number of para-hydroxylation sites is 1. The summed E-state index contributed by atoms with van der Waals surface area (Å²) in [7, 11) is 0. The van der Waals surface area contributed by atoms with Crippen LogP contribution >= 0.6 is 0 Å². The van der Waals surface area contributed by atoms with E-state index < -0.39 is 42.9 Å². The van der Waals surface area contributed by atoms with E-state index in [-0.39, 0.29) is 17.7 Å². The molecule has 3 aromatic rings. The number of benzene rings is 2. The molecule has 1 aromatic heterocycles. The molecule has 1 aliphatic rings. The summed E-state index contributed by atoms with van der Waals surface area (Å²) < 4.78 is 71.2. The van der Waals surface area contributed by atoms with Crippen LogP contribution in [0.3, 0.4) is 0 Å². The SMILES string of the molecule is N=C(OC(=N)C(F)F)c1ccc2c(c1)C(=O)N(c1ccccc1-c1cnc(OCC(F)(F)F)nc1)C2. The molecule has 2 aromatic carbocycles. The minimum Gasteiger partial charge on any atom is -0.454 e. The highest BCUT2D eigenvalue weighted by molar-refractivity contribution is 6.13. The Bertz CT molecular complexity index is 1330. The van der Waals surface area contributed by atoms with E-state index in [1.807, 2.05) is 0 Å². The molecule has 0 spiro atoms. The molecule has 0 bridgehead atoms. The monoisotopic (exact) mass is 505 g/mol. The van der Waals surface area contributed by atoms with Crippen LogP contribution in [0.15, 0.2) is 54.9 Å². The lowest BCUT2D eigenvalue weighted by Crippen LogP contribution is -2.24. The summed E-state index contributed by atoms with van der Waals surface area (Å²) in [4.78, 5) is 22.3. The number of nitrogens with zero attached hydrogens (tertiary/aromatic N) is 3. The molecule has 2 N–H and O–H groups in total. The molecule has 1 aliphatic heterocycles. The van der Waals surface area contributed by atoms with Crippen molar-refractivity contribution in [1.82, 2.24) is 9.97 Å². The van der Waals surface area contributed by atoms with Gasteiger partial charge in [0.2, 0.25) is 5.90 Å². The third-order valence-corrected chi connectivity index (χ3v) is 5.09. The molecule has 0 saturated carbocycles. The Balaban J connectivity index is 1.57. The quantitative estimate of drug-likeness (QED) is 0.283. The van der Waals surface area contributed by atoms with E-state index in [1.54, 1.807) is 30.3 Å². The summed E-state index contributed by atoms with van der Waals surface area (Å²) in [5.74, 6) is -2.50. The number of nitrogens with one attached hydrogen (secondary N) is 2. The first-order chi connectivity index (χ1) is 17.0. The Labute approximate surface area is 200 Å². The predicted molar refractivity (Wildman–Crippen MR) is 118 cm³/mol. The molecule has 186 valence electrons. The van der Waals surface area contributed by atoms with Crippen LogP contribution in [-0.2, 0) is 11.3 Å². The topological polar surface area (TPSA) is 112 Å². The molecule has 8 nitrogen and oxygen atoms in total. The molecular weight excluding hydrogens is 489 g/mol. The third kappa shape index (κ3) is 5.29. The highest BCUT2D eigenvalue weighted by atomic mass is 19.4. The Hall–Kier alpha value is -4.42. The van der Waals surface area contributed by atoms with Gasteiger partial charge >= 0.3 is 18.6 Å². The first-order valence-corrected chi connectivity index (χ1v) is 10.2. The van der Waals surface area contributed by atoms with Crippen LogP contribution in [0.4, 0.5) is 27.6 Å². The van der Waals surface area contributed by atoms with Crippen molar-refractivity contribution in [2.75, 3.05) is 11.5 Å². The molecule has 13 heteroatoms. The number of carbonyl (C=O) groups is 1. The van der Waals surface area contributed by atoms with Gasteiger partial charge in [-0.2, -0.15) is 22.0 Å². The zero-order valence-electron chi connectivity index (χ0n) is 18.1. The number of fused-ring (bicyclic) bond motifs is 1. The van der Waals surface area contributed by atoms with Crippen molar-refractivity contribution in [1.29, 1.82) is 10.8 Å². The summed E-state index contributed by atoms with van der Waals surface area (Å²) in [6.45, 7) is -1.36. The van der Waals surface area contributed by atoms with Gasteiger partial charge in [-0.1, -0.05) is 24.3 Å². The smallest absolute Gasteiger partial charge is 0.422 e. The van der Waals surface area contributed by atoms with Crippen molar-refractivity contribution < 1.29 is 36.2 Å². The fourth-order valence-electron chi connectivity index (χ4n) is 3.48. The van der Waals surface area contributed by atoms with Crippen LogP contribution in [-0.4, -0.2) is 46.9 Å². The molecule has 0 saturated heterocycles. The first kappa shape index (κ1) is 24.7. The Morgan fingerprint density at radius 2 is 1.75 bits per heavy atom. The number of anilines is 1. The van der Waals surface area contributed by atoms with Crippen LogP contribution in [0.5, 0.6) is 6.01 Å². The maximum atomic E-state index is 13.2. The van der Waals surface area contributed by atoms with E-state index in [1.165, 1.54) is 29.4 Å². The van der Waals surface area contributed by atoms with Crippen molar-refractivity contribution in [2.24, 2.45) is 0 Å². The zero-order chi connectivity index (χ0) is 26.0. The number of amides is 1. The highest BCUT2D eigenvalue weighted by Gasteiger charge is 2.31. The van der Waals surface area contributed by atoms with E-state index in [0.717, 1.165) is 0 Å². The maximum absolute atomic E-state index is 13.2. The molecule has 0 aliphatic carbocycles. The van der Waals surface area contributed by atoms with Gasteiger partial charge in [-0.25, -0.2) is 9.97 Å². The Morgan fingerprint density at radius 3 is 2.42 bits per heavy atom. The lowest BCUT2D eigenvalue weighted by molar-refractivity contribution is -0.154. The van der Waals surface area contributed by atoms with Crippen molar-refractivity contribution in [3.05, 3.63) is 71.5 Å². The summed E-state index contributed by atoms with van der Waals surface area (Å²) in [5, 5.41) is 14.9. The molecule has 36 heavy (non-hydrogen) atoms. The van der Waals surface area contributed by atoms with Crippen molar-refractivity contribution >= 4 is 23.4 Å². The predicted octanol–water partition coefficient (Wildman–Crippen LogP) is 4.83. The minimum atomic E-state index is -4.53. The maximum Gasteiger partial charge on any atom is 0.422 e. The molecule has 0 radical (unpaired) electrons. The van der Waals surface area contributed by atoms with Gasteiger partial charge in [0.05, 0.1) is 12.2 Å². The number of ether oxygens (including phenoxy) is 2. The van der Waals surface area contributed by atoms with Crippen LogP contribution in [0.2, 0.25) is 0 Å². The molecule has 0 atom stereocenters. The first-order valence-electron chi connectivity index (χ1n) is 10.2. The fraction of sp³-hybridized carbons (Fsp3) is 0.174. The normalized spacial score (nSPS) is 13.1. The highest BCUT2D eigenvalue weighted by Crippen LogP contribution is 2.36. The van der Waals surface area contributed by atoms with E-state index in [2.05, 4.69) is 19.4 Å². The molecule has 0 fully saturated rings. The van der Waals surface area contributed by atoms with Gasteiger partial charge in [0.25, 0.3) is 11.8 Å². The minimum absolute atomic E-state index is 0.0467. The van der Waals surface area contributed by atoms with Crippen LogP contribution in [0.25, 0.3) is 11.1 Å². The zero-order valence-corrected chi connectivity index (χ0v) is 18.1. The molecule has 1 amide bonds. The van der Waals surface area contributed by atoms with Gasteiger partial charge in [0, 0.05) is 34.6 Å². The second kappa shape index (κ2) is 9.68. The largest absolute Gasteiger partial charge is 0.454 e. The van der Waals surface area contributed by atoms with E-state index in [9.17, 15) is 26.7 Å². The van der Waals surface area contributed by atoms with Crippen molar-refractivity contribution in [3.63, 3.8) is 0 Å². The average molecular weight is 505 g/mol. The number of hydrogen-bond donors (Lipinski definition) is 2. The number of hydrogen-bond acceptors (Lipinski definition) is 7. The second-order valence-electron chi connectivity index (χ2n) is 7.53. The summed E-state index contributed by atoms with van der Waals surface area (Å²) in [5.41, 5.74) is 2.32. The Morgan fingerprint density at radius 1 is 1.06 bits per heavy atom. The van der Waals surface area contributed by atoms with Gasteiger partial charge in [-0.15, -0.1) is 0 Å². The van der Waals surface area contributed by atoms with Gasteiger partial charge in [0.1, 0.15) is 0 Å². The molecular formula is C23H16F5N5O3. The average Bonchev–Trinajstić information content (AvgIpc) is 3.18. The lowest BCUT2D eigenvalue weighted by Gasteiger charge is -2.19. The van der Waals surface area contributed by atoms with Crippen molar-refractivity contribution in [2.45, 2.75) is 19.1 Å². The lowest BCUT2D eigenvalue weighted by atomic mass is 10.1. The number of halogens is 5. The van der Waals surface area contributed by atoms with Crippen LogP contribution in [0.1, 0.15) is 21.5 Å². The van der Waals surface area contributed by atoms with Gasteiger partial charge in [0.15, 0.2) is 6.61 Å². The summed E-state index contributed by atoms with van der Waals surface area (Å²) in [6, 6.07) is 10.6. The van der Waals surface area contributed by atoms with Gasteiger partial charge in [-0.05, 0) is 23.8 Å². The number of aromatic nitrogens is 2. The van der Waals surface area contributed by atoms with E-state index in [4.69, 9.17) is 10.8 Å². The van der Waals surface area contributed by atoms with Gasteiger partial charge in [-0.3, -0.25) is 15.6 Å². The molecule has 0 unspecified atom stereocenters. The van der Waals surface area contributed by atoms with Gasteiger partial charge < -0.3 is 14.4 Å². The van der Waals surface area contributed by atoms with Crippen LogP contribution < -0.4 is 9.64 Å². The van der Waals surface area contributed by atoms with Crippen LogP contribution in [0, 0.1) is 10.8 Å². The number of carbonyl (C=O) groups excluding carboxylic acids is 1. The fourth-order valence-corrected chi connectivity index (χ4v) is 3.48. The van der Waals surface area contributed by atoms with Crippen molar-refractivity contribution in [3.8, 4) is 17.1 Å². The second-order valence-corrected chi connectivity index (χ2v) is 7.53. The molecule has 2 heterocycles.